The van der Waals surface area contributed by atoms with E-state index in [4.69, 9.17) is 9.52 Å². The van der Waals surface area contributed by atoms with E-state index in [0.717, 1.165) is 24.8 Å². The van der Waals surface area contributed by atoms with E-state index < -0.39 is 5.97 Å². The van der Waals surface area contributed by atoms with Gasteiger partial charge in [0.2, 0.25) is 11.8 Å². The van der Waals surface area contributed by atoms with Crippen molar-refractivity contribution in [2.24, 2.45) is 0 Å². The summed E-state index contributed by atoms with van der Waals surface area (Å²) < 4.78 is 5.74. The van der Waals surface area contributed by atoms with Gasteiger partial charge in [-0.15, -0.1) is 0 Å². The molecule has 6 heteroatoms. The predicted molar refractivity (Wildman–Crippen MR) is 96.6 cm³/mol. The third kappa shape index (κ3) is 4.31. The standard InChI is InChI=1S/C20H24N2O4/c1-14-17(21-20(26-14)15-7-3-2-4-8-15)13-18(23)22-12-6-5-9-16(22)10-11-19(24)25/h2-4,7-8,16H,5-6,9-13H2,1H3,(H,24,25). The first-order valence-electron chi connectivity index (χ1n) is 9.07. The van der Waals surface area contributed by atoms with Gasteiger partial charge in [-0.3, -0.25) is 9.59 Å². The molecule has 1 atom stereocenters. The summed E-state index contributed by atoms with van der Waals surface area (Å²) >= 11 is 0. The summed E-state index contributed by atoms with van der Waals surface area (Å²) in [6.45, 7) is 2.51. The van der Waals surface area contributed by atoms with Gasteiger partial charge in [-0.05, 0) is 44.7 Å². The SMILES string of the molecule is Cc1oc(-c2ccccc2)nc1CC(=O)N1CCCCC1CCC(=O)O. The number of piperidine rings is 1. The lowest BCUT2D eigenvalue weighted by Crippen LogP contribution is -2.44. The number of aromatic nitrogens is 1. The Kier molecular flexibility index (Phi) is 5.71. The van der Waals surface area contributed by atoms with Crippen molar-refractivity contribution in [1.29, 1.82) is 0 Å². The van der Waals surface area contributed by atoms with E-state index in [2.05, 4.69) is 4.98 Å². The van der Waals surface area contributed by atoms with Crippen molar-refractivity contribution in [3.63, 3.8) is 0 Å². The third-order valence-electron chi connectivity index (χ3n) is 4.87. The molecule has 6 nitrogen and oxygen atoms in total. The second-order valence-electron chi connectivity index (χ2n) is 6.73. The van der Waals surface area contributed by atoms with Gasteiger partial charge in [0, 0.05) is 24.6 Å². The number of carboxylic acid groups (broad SMARTS) is 1. The smallest absolute Gasteiger partial charge is 0.303 e. The molecule has 2 heterocycles. The second-order valence-corrected chi connectivity index (χ2v) is 6.73. The molecule has 1 N–H and O–H groups in total. The van der Waals surface area contributed by atoms with E-state index >= 15 is 0 Å². The average molecular weight is 356 g/mol. The first-order chi connectivity index (χ1) is 12.5. The average Bonchev–Trinajstić information content (AvgIpc) is 3.01. The fourth-order valence-corrected chi connectivity index (χ4v) is 3.46. The van der Waals surface area contributed by atoms with Crippen LogP contribution >= 0.6 is 0 Å². The van der Waals surface area contributed by atoms with Gasteiger partial charge < -0.3 is 14.4 Å². The van der Waals surface area contributed by atoms with Gasteiger partial charge in [0.25, 0.3) is 0 Å². The highest BCUT2D eigenvalue weighted by molar-refractivity contribution is 5.79. The van der Waals surface area contributed by atoms with Crippen molar-refractivity contribution >= 4 is 11.9 Å². The van der Waals surface area contributed by atoms with Gasteiger partial charge in [-0.25, -0.2) is 4.98 Å². The van der Waals surface area contributed by atoms with Crippen LogP contribution in [0.2, 0.25) is 0 Å². The number of hydrogen-bond acceptors (Lipinski definition) is 4. The summed E-state index contributed by atoms with van der Waals surface area (Å²) in [5.74, 6) is 0.349. The van der Waals surface area contributed by atoms with Crippen LogP contribution in [0.4, 0.5) is 0 Å². The minimum Gasteiger partial charge on any atom is -0.481 e. The Morgan fingerprint density at radius 3 is 2.77 bits per heavy atom. The van der Waals surface area contributed by atoms with Crippen molar-refractivity contribution in [1.82, 2.24) is 9.88 Å². The maximum atomic E-state index is 12.8. The third-order valence-corrected chi connectivity index (χ3v) is 4.87. The molecule has 0 spiro atoms. The highest BCUT2D eigenvalue weighted by Gasteiger charge is 2.28. The number of hydrogen-bond donors (Lipinski definition) is 1. The molecule has 3 rings (SSSR count). The number of amides is 1. The zero-order valence-electron chi connectivity index (χ0n) is 15.0. The molecular weight excluding hydrogens is 332 g/mol. The molecule has 138 valence electrons. The van der Waals surface area contributed by atoms with Gasteiger partial charge in [0.05, 0.1) is 12.1 Å². The number of carboxylic acids is 1. The molecule has 0 bridgehead atoms. The molecule has 1 aliphatic heterocycles. The van der Waals surface area contributed by atoms with Crippen LogP contribution < -0.4 is 0 Å². The van der Waals surface area contributed by atoms with E-state index in [-0.39, 0.29) is 24.8 Å². The Bertz CT molecular complexity index is 769. The molecule has 1 aromatic carbocycles. The number of benzene rings is 1. The molecule has 1 amide bonds. The van der Waals surface area contributed by atoms with Crippen molar-refractivity contribution in [3.05, 3.63) is 41.8 Å². The fraction of sp³-hybridized carbons (Fsp3) is 0.450. The highest BCUT2D eigenvalue weighted by Crippen LogP contribution is 2.25. The molecule has 1 aromatic heterocycles. The lowest BCUT2D eigenvalue weighted by molar-refractivity contribution is -0.139. The van der Waals surface area contributed by atoms with Crippen molar-refractivity contribution in [2.45, 2.75) is 51.5 Å². The minimum atomic E-state index is -0.817. The number of likely N-dealkylation sites (tertiary alicyclic amines) is 1. The minimum absolute atomic E-state index is 0.00361. The Balaban J connectivity index is 1.70. The Hall–Kier alpha value is -2.63. The van der Waals surface area contributed by atoms with Gasteiger partial charge in [-0.1, -0.05) is 18.2 Å². The summed E-state index contributed by atoms with van der Waals surface area (Å²) in [6, 6.07) is 9.61. The molecule has 0 saturated carbocycles. The predicted octanol–water partition coefficient (Wildman–Crippen LogP) is 3.44. The normalized spacial score (nSPS) is 17.3. The Morgan fingerprint density at radius 2 is 2.04 bits per heavy atom. The molecule has 1 fully saturated rings. The van der Waals surface area contributed by atoms with Crippen molar-refractivity contribution in [2.75, 3.05) is 6.54 Å². The summed E-state index contributed by atoms with van der Waals surface area (Å²) in [4.78, 5) is 30.0. The maximum Gasteiger partial charge on any atom is 0.303 e. The highest BCUT2D eigenvalue weighted by atomic mass is 16.4. The number of aryl methyl sites for hydroxylation is 1. The number of carbonyl (C=O) groups is 2. The first kappa shape index (κ1) is 18.2. The summed E-state index contributed by atoms with van der Waals surface area (Å²) in [5.41, 5.74) is 1.53. The van der Waals surface area contributed by atoms with Crippen LogP contribution in [0.25, 0.3) is 11.5 Å². The molecule has 1 aliphatic rings. The number of carbonyl (C=O) groups excluding carboxylic acids is 1. The van der Waals surface area contributed by atoms with Crippen molar-refractivity contribution in [3.8, 4) is 11.5 Å². The number of oxazole rings is 1. The molecular formula is C20H24N2O4. The topological polar surface area (TPSA) is 83.6 Å². The summed E-state index contributed by atoms with van der Waals surface area (Å²) in [5, 5.41) is 8.93. The monoisotopic (exact) mass is 356 g/mol. The fourth-order valence-electron chi connectivity index (χ4n) is 3.46. The molecule has 1 unspecified atom stereocenters. The quantitative estimate of drug-likeness (QED) is 0.857. The van der Waals surface area contributed by atoms with Crippen LogP contribution in [0.3, 0.4) is 0 Å². The van der Waals surface area contributed by atoms with Crippen LogP contribution in [-0.2, 0) is 16.0 Å². The van der Waals surface area contributed by atoms with E-state index in [1.807, 2.05) is 42.2 Å². The van der Waals surface area contributed by atoms with Crippen molar-refractivity contribution < 1.29 is 19.1 Å². The van der Waals surface area contributed by atoms with E-state index in [9.17, 15) is 9.59 Å². The number of nitrogens with zero attached hydrogens (tertiary/aromatic N) is 2. The molecule has 0 aliphatic carbocycles. The molecule has 0 radical (unpaired) electrons. The maximum absolute atomic E-state index is 12.8. The van der Waals surface area contributed by atoms with Gasteiger partial charge in [0.1, 0.15) is 5.76 Å². The zero-order valence-corrected chi connectivity index (χ0v) is 15.0. The number of rotatable bonds is 6. The van der Waals surface area contributed by atoms with Crippen LogP contribution in [0.1, 0.15) is 43.6 Å². The van der Waals surface area contributed by atoms with Crippen LogP contribution in [0.15, 0.2) is 34.7 Å². The first-order valence-corrected chi connectivity index (χ1v) is 9.07. The van der Waals surface area contributed by atoms with Gasteiger partial charge >= 0.3 is 5.97 Å². The lowest BCUT2D eigenvalue weighted by Gasteiger charge is -2.35. The van der Waals surface area contributed by atoms with E-state index in [0.29, 0.717) is 30.3 Å². The van der Waals surface area contributed by atoms with Gasteiger partial charge in [-0.2, -0.15) is 0 Å². The summed E-state index contributed by atoms with van der Waals surface area (Å²) in [7, 11) is 0. The summed E-state index contributed by atoms with van der Waals surface area (Å²) in [6.07, 6.45) is 3.65. The molecule has 1 saturated heterocycles. The van der Waals surface area contributed by atoms with Crippen LogP contribution in [0, 0.1) is 6.92 Å². The van der Waals surface area contributed by atoms with Gasteiger partial charge in [0.15, 0.2) is 0 Å². The number of aliphatic carboxylic acids is 1. The van der Waals surface area contributed by atoms with Crippen LogP contribution in [-0.4, -0.2) is 39.5 Å². The Labute approximate surface area is 152 Å². The second kappa shape index (κ2) is 8.17. The molecule has 26 heavy (non-hydrogen) atoms. The van der Waals surface area contributed by atoms with E-state index in [1.54, 1.807) is 0 Å². The molecule has 2 aromatic rings. The van der Waals surface area contributed by atoms with Crippen LogP contribution in [0.5, 0.6) is 0 Å². The zero-order chi connectivity index (χ0) is 18.5. The Morgan fingerprint density at radius 1 is 1.27 bits per heavy atom. The largest absolute Gasteiger partial charge is 0.481 e. The van der Waals surface area contributed by atoms with E-state index in [1.165, 1.54) is 0 Å². The lowest BCUT2D eigenvalue weighted by atomic mass is 9.97.